The van der Waals surface area contributed by atoms with Crippen LogP contribution in [0.25, 0.3) is 10.8 Å². The summed E-state index contributed by atoms with van der Waals surface area (Å²) in [5.74, 6) is 0. The fraction of sp³-hybridized carbons (Fsp3) is 0.462. The molecule has 1 fully saturated rings. The molecule has 30 heavy (non-hydrogen) atoms. The Labute approximate surface area is 186 Å². The van der Waals surface area contributed by atoms with Crippen LogP contribution < -0.4 is 5.32 Å². The van der Waals surface area contributed by atoms with Crippen LogP contribution in [0, 0.1) is 0 Å². The maximum Gasteiger partial charge on any atom is 0.0556 e. The van der Waals surface area contributed by atoms with E-state index in [1.807, 2.05) is 25.2 Å². The molecule has 1 atom stereocenters. The van der Waals surface area contributed by atoms with Gasteiger partial charge in [0, 0.05) is 24.0 Å². The number of thiophene rings is 1. The summed E-state index contributed by atoms with van der Waals surface area (Å²) in [4.78, 5) is 4.04. The molecule has 164 valence electrons. The number of benzene rings is 2. The first-order valence-corrected chi connectivity index (χ1v) is 12.2. The molecule has 1 aliphatic heterocycles. The van der Waals surface area contributed by atoms with Crippen LogP contribution in [0.15, 0.2) is 60.0 Å². The highest BCUT2D eigenvalue weighted by atomic mass is 32.1. The van der Waals surface area contributed by atoms with Crippen LogP contribution in [0.1, 0.15) is 44.1 Å². The van der Waals surface area contributed by atoms with Crippen molar-refractivity contribution in [2.24, 2.45) is 0 Å². The van der Waals surface area contributed by atoms with Gasteiger partial charge in [0.1, 0.15) is 0 Å². The van der Waals surface area contributed by atoms with Crippen molar-refractivity contribution >= 4 is 22.1 Å². The lowest BCUT2D eigenvalue weighted by atomic mass is 10.0. The molecular weight excluding hydrogens is 388 g/mol. The number of fused-ring (bicyclic) bond motifs is 1. The van der Waals surface area contributed by atoms with Gasteiger partial charge in [0.25, 0.3) is 0 Å². The molecule has 0 bridgehead atoms. The number of hydrogen-bond donors (Lipinski definition) is 2. The summed E-state index contributed by atoms with van der Waals surface area (Å²) in [5.41, 5.74) is 1.33. The largest absolute Gasteiger partial charge is 0.395 e. The molecular formula is C26H38N2OS. The van der Waals surface area contributed by atoms with Gasteiger partial charge in [-0.25, -0.2) is 0 Å². The zero-order valence-electron chi connectivity index (χ0n) is 18.8. The van der Waals surface area contributed by atoms with Gasteiger partial charge in [0.05, 0.1) is 6.61 Å². The number of rotatable bonds is 7. The number of nitrogens with one attached hydrogen (secondary N) is 1. The van der Waals surface area contributed by atoms with Crippen LogP contribution in [0.3, 0.4) is 0 Å². The Kier molecular flexibility index (Phi) is 11.7. The van der Waals surface area contributed by atoms with E-state index in [0.29, 0.717) is 12.6 Å². The third-order valence-electron chi connectivity index (χ3n) is 5.12. The molecule has 1 unspecified atom stereocenters. The van der Waals surface area contributed by atoms with Gasteiger partial charge in [0.2, 0.25) is 0 Å². The van der Waals surface area contributed by atoms with Crippen molar-refractivity contribution in [1.82, 2.24) is 10.2 Å². The monoisotopic (exact) mass is 426 g/mol. The maximum absolute atomic E-state index is 8.76. The fourth-order valence-electron chi connectivity index (χ4n) is 3.67. The first-order chi connectivity index (χ1) is 14.7. The van der Waals surface area contributed by atoms with E-state index in [-0.39, 0.29) is 6.61 Å². The van der Waals surface area contributed by atoms with Crippen LogP contribution in [-0.2, 0) is 13.0 Å². The van der Waals surface area contributed by atoms with E-state index in [1.54, 1.807) is 0 Å². The summed E-state index contributed by atoms with van der Waals surface area (Å²) in [6, 6.07) is 19.8. The molecule has 1 aromatic heterocycles. The van der Waals surface area contributed by atoms with Crippen molar-refractivity contribution in [3.05, 3.63) is 70.4 Å². The lowest BCUT2D eigenvalue weighted by molar-refractivity contribution is 0.285. The van der Waals surface area contributed by atoms with E-state index in [9.17, 15) is 0 Å². The normalized spacial score (nSPS) is 14.5. The number of likely N-dealkylation sites (tertiary alicyclic amines) is 1. The molecule has 0 spiro atoms. The van der Waals surface area contributed by atoms with Gasteiger partial charge in [-0.1, -0.05) is 62.4 Å². The molecule has 4 rings (SSSR count). The summed E-state index contributed by atoms with van der Waals surface area (Å²) in [5, 5.41) is 16.8. The third kappa shape index (κ3) is 8.57. The average Bonchev–Trinajstić information content (AvgIpc) is 3.49. The minimum absolute atomic E-state index is 0.196. The van der Waals surface area contributed by atoms with E-state index >= 15 is 0 Å². The van der Waals surface area contributed by atoms with Gasteiger partial charge < -0.3 is 10.4 Å². The minimum Gasteiger partial charge on any atom is -0.395 e. The second kappa shape index (κ2) is 14.3. The Hall–Kier alpha value is -1.72. The summed E-state index contributed by atoms with van der Waals surface area (Å²) in [6.07, 6.45) is 3.78. The minimum atomic E-state index is 0.196. The van der Waals surface area contributed by atoms with Crippen molar-refractivity contribution in [3.8, 4) is 0 Å². The van der Waals surface area contributed by atoms with Gasteiger partial charge in [-0.15, -0.1) is 11.3 Å². The van der Waals surface area contributed by atoms with Crippen molar-refractivity contribution in [2.45, 2.75) is 52.6 Å². The number of nitrogens with zero attached hydrogens (tertiary/aromatic N) is 1. The van der Waals surface area contributed by atoms with Crippen molar-refractivity contribution in [2.75, 3.05) is 26.2 Å². The van der Waals surface area contributed by atoms with Crippen molar-refractivity contribution in [1.29, 1.82) is 0 Å². The Morgan fingerprint density at radius 1 is 1.00 bits per heavy atom. The zero-order valence-corrected chi connectivity index (χ0v) is 19.6. The van der Waals surface area contributed by atoms with E-state index in [0.717, 1.165) is 6.42 Å². The smallest absolute Gasteiger partial charge is 0.0556 e. The van der Waals surface area contributed by atoms with E-state index in [2.05, 4.69) is 77.1 Å². The lowest BCUT2D eigenvalue weighted by Crippen LogP contribution is -2.30. The first kappa shape index (κ1) is 24.5. The number of aliphatic hydroxyl groups excluding tert-OH is 1. The standard InChI is InChI=1S/C15H19NO.C9H13NS.C2H6/c1-12(16-8-9-17)10-13-6-7-14-4-2-3-5-15(14)11-13;1-2-6-10(5-1)8-9-4-3-7-11-9;1-2/h2-7,11-12,16-17H,8-10H2,1H3;3-4,7H,1-2,5-6,8H2;1-2H3. The summed E-state index contributed by atoms with van der Waals surface area (Å²) >= 11 is 1.87. The van der Waals surface area contributed by atoms with Gasteiger partial charge >= 0.3 is 0 Å². The Morgan fingerprint density at radius 3 is 2.40 bits per heavy atom. The Balaban J connectivity index is 0.000000212. The maximum atomic E-state index is 8.76. The molecule has 0 amide bonds. The van der Waals surface area contributed by atoms with Gasteiger partial charge in [-0.05, 0) is 67.1 Å². The first-order valence-electron chi connectivity index (χ1n) is 11.3. The zero-order chi connectivity index (χ0) is 21.6. The van der Waals surface area contributed by atoms with E-state index in [4.69, 9.17) is 5.11 Å². The molecule has 2 aromatic carbocycles. The topological polar surface area (TPSA) is 35.5 Å². The highest BCUT2D eigenvalue weighted by Crippen LogP contribution is 2.17. The summed E-state index contributed by atoms with van der Waals surface area (Å²) < 4.78 is 0. The van der Waals surface area contributed by atoms with E-state index in [1.165, 1.54) is 53.7 Å². The van der Waals surface area contributed by atoms with Crippen molar-refractivity contribution in [3.63, 3.8) is 0 Å². The molecule has 3 aromatic rings. The Bertz CT molecular complexity index is 813. The highest BCUT2D eigenvalue weighted by Gasteiger charge is 2.11. The lowest BCUT2D eigenvalue weighted by Gasteiger charge is -2.13. The molecule has 2 N–H and O–H groups in total. The highest BCUT2D eigenvalue weighted by molar-refractivity contribution is 7.09. The third-order valence-corrected chi connectivity index (χ3v) is 5.98. The van der Waals surface area contributed by atoms with Gasteiger partial charge in [-0.2, -0.15) is 0 Å². The molecule has 0 radical (unpaired) electrons. The number of aliphatic hydroxyl groups is 1. The van der Waals surface area contributed by atoms with Crippen molar-refractivity contribution < 1.29 is 5.11 Å². The molecule has 2 heterocycles. The molecule has 3 nitrogen and oxygen atoms in total. The molecule has 1 aliphatic rings. The molecule has 4 heteroatoms. The van der Waals surface area contributed by atoms with Gasteiger partial charge in [-0.3, -0.25) is 4.90 Å². The average molecular weight is 427 g/mol. The van der Waals surface area contributed by atoms with E-state index < -0.39 is 0 Å². The van der Waals surface area contributed by atoms with Crippen LogP contribution in [-0.4, -0.2) is 42.3 Å². The number of hydrogen-bond acceptors (Lipinski definition) is 4. The summed E-state index contributed by atoms with van der Waals surface area (Å²) in [7, 11) is 0. The summed E-state index contributed by atoms with van der Waals surface area (Å²) in [6.45, 7) is 10.8. The molecule has 0 aliphatic carbocycles. The molecule has 1 saturated heterocycles. The predicted molar refractivity (Wildman–Crippen MR) is 132 cm³/mol. The predicted octanol–water partition coefficient (Wildman–Crippen LogP) is 5.72. The second-order valence-electron chi connectivity index (χ2n) is 7.53. The Morgan fingerprint density at radius 2 is 1.73 bits per heavy atom. The van der Waals surface area contributed by atoms with Gasteiger partial charge in [0.15, 0.2) is 0 Å². The van der Waals surface area contributed by atoms with Crippen LogP contribution in [0.4, 0.5) is 0 Å². The SMILES string of the molecule is CC.CC(Cc1ccc2ccccc2c1)NCCO.c1csc(CN2CCCC2)c1. The van der Waals surface area contributed by atoms with Crippen LogP contribution in [0.5, 0.6) is 0 Å². The fourth-order valence-corrected chi connectivity index (χ4v) is 4.41. The molecule has 0 saturated carbocycles. The van der Waals surface area contributed by atoms with Crippen LogP contribution in [0.2, 0.25) is 0 Å². The quantitative estimate of drug-likeness (QED) is 0.507. The second-order valence-corrected chi connectivity index (χ2v) is 8.56. The van der Waals surface area contributed by atoms with Crippen LogP contribution >= 0.6 is 11.3 Å².